The van der Waals surface area contributed by atoms with Crippen LogP contribution in [-0.4, -0.2) is 0 Å². The Morgan fingerprint density at radius 3 is 2.36 bits per heavy atom. The van der Waals surface area contributed by atoms with Crippen molar-refractivity contribution in [2.45, 2.75) is 27.2 Å². The highest BCUT2D eigenvalue weighted by Gasteiger charge is 1.97. The highest BCUT2D eigenvalue weighted by atomic mass is 14.0. The van der Waals surface area contributed by atoms with Crippen molar-refractivity contribution in [3.05, 3.63) is 47.0 Å². The minimum Gasteiger partial charge on any atom is -0.0871 e. The van der Waals surface area contributed by atoms with Crippen molar-refractivity contribution in [3.8, 4) is 0 Å². The first kappa shape index (κ1) is 10.8. The zero-order chi connectivity index (χ0) is 10.4. The Bertz CT molecular complexity index is 343. The lowest BCUT2D eigenvalue weighted by atomic mass is 10.0. The average Bonchev–Trinajstić information content (AvgIpc) is 2.21. The summed E-state index contributed by atoms with van der Waals surface area (Å²) < 4.78 is 0. The van der Waals surface area contributed by atoms with Crippen LogP contribution in [0.25, 0.3) is 12.2 Å². The van der Waals surface area contributed by atoms with Gasteiger partial charge in [-0.15, -0.1) is 0 Å². The lowest BCUT2D eigenvalue weighted by Gasteiger charge is -2.04. The molecule has 0 saturated carbocycles. The van der Waals surface area contributed by atoms with E-state index in [1.165, 1.54) is 16.7 Å². The predicted octanol–water partition coefficient (Wildman–Crippen LogP) is 4.32. The smallest absolute Gasteiger partial charge is 0.0227 e. The van der Waals surface area contributed by atoms with Gasteiger partial charge in [0.25, 0.3) is 0 Å². The summed E-state index contributed by atoms with van der Waals surface area (Å²) in [5, 5.41) is 0. The predicted molar refractivity (Wildman–Crippen MR) is 65.2 cm³/mol. The second kappa shape index (κ2) is 5.43. The molecule has 0 saturated heterocycles. The van der Waals surface area contributed by atoms with Gasteiger partial charge in [-0.2, -0.15) is 0 Å². The number of aryl methyl sites for hydroxylation is 1. The summed E-state index contributed by atoms with van der Waals surface area (Å²) in [6, 6.07) is 6.61. The van der Waals surface area contributed by atoms with Crippen LogP contribution in [0.1, 0.15) is 37.5 Å². The van der Waals surface area contributed by atoms with Gasteiger partial charge in [0.1, 0.15) is 0 Å². The molecule has 0 unspecified atom stereocenters. The summed E-state index contributed by atoms with van der Waals surface area (Å²) in [6.07, 6.45) is 9.55. The number of benzene rings is 1. The minimum atomic E-state index is 1.09. The summed E-state index contributed by atoms with van der Waals surface area (Å²) >= 11 is 0. The van der Waals surface area contributed by atoms with Gasteiger partial charge in [-0.3, -0.25) is 0 Å². The van der Waals surface area contributed by atoms with E-state index in [9.17, 15) is 0 Å². The average molecular weight is 186 g/mol. The number of hydrogen-bond donors (Lipinski definition) is 0. The molecule has 0 heteroatoms. The highest BCUT2D eigenvalue weighted by Crippen LogP contribution is 2.15. The number of rotatable bonds is 3. The minimum absolute atomic E-state index is 1.09. The van der Waals surface area contributed by atoms with Gasteiger partial charge < -0.3 is 0 Å². The van der Waals surface area contributed by atoms with Gasteiger partial charge in [0, 0.05) is 0 Å². The molecule has 1 aromatic rings. The second-order valence-corrected chi connectivity index (χ2v) is 3.31. The lowest BCUT2D eigenvalue weighted by Crippen LogP contribution is -1.87. The number of allylic oxidation sites excluding steroid dienone is 2. The Kier molecular flexibility index (Phi) is 4.18. The van der Waals surface area contributed by atoms with E-state index in [1.54, 1.807) is 0 Å². The fraction of sp³-hybridized carbons (Fsp3) is 0.286. The summed E-state index contributed by atoms with van der Waals surface area (Å²) in [6.45, 7) is 6.30. The van der Waals surface area contributed by atoms with Crippen molar-refractivity contribution in [2.75, 3.05) is 0 Å². The maximum absolute atomic E-state index is 2.26. The molecule has 0 bridgehead atoms. The van der Waals surface area contributed by atoms with Crippen LogP contribution < -0.4 is 0 Å². The van der Waals surface area contributed by atoms with Crippen LogP contribution >= 0.6 is 0 Å². The van der Waals surface area contributed by atoms with Crippen LogP contribution in [0.5, 0.6) is 0 Å². The van der Waals surface area contributed by atoms with Crippen LogP contribution in [0.15, 0.2) is 30.4 Å². The van der Waals surface area contributed by atoms with Gasteiger partial charge in [-0.25, -0.2) is 0 Å². The molecule has 0 radical (unpaired) electrons. The Morgan fingerprint density at radius 1 is 1.07 bits per heavy atom. The normalized spacial score (nSPS) is 11.6. The fourth-order valence-corrected chi connectivity index (χ4v) is 1.57. The van der Waals surface area contributed by atoms with Gasteiger partial charge in [0.2, 0.25) is 0 Å². The third-order valence-corrected chi connectivity index (χ3v) is 2.25. The summed E-state index contributed by atoms with van der Waals surface area (Å²) in [7, 11) is 0. The standard InChI is InChI=1S/C14H18/c1-4-7-12-9-10-14(8-5-2)13(6-3)11-12/h4-5,7-11H,6H2,1-3H3/b7-4+,8-5-. The van der Waals surface area contributed by atoms with Crippen molar-refractivity contribution >= 4 is 12.2 Å². The summed E-state index contributed by atoms with van der Waals surface area (Å²) in [5.74, 6) is 0. The van der Waals surface area contributed by atoms with E-state index in [-0.39, 0.29) is 0 Å². The zero-order valence-electron chi connectivity index (χ0n) is 9.25. The molecule has 1 aromatic carbocycles. The van der Waals surface area contributed by atoms with E-state index in [2.05, 4.69) is 56.4 Å². The van der Waals surface area contributed by atoms with Crippen LogP contribution in [0.3, 0.4) is 0 Å². The molecule has 0 amide bonds. The van der Waals surface area contributed by atoms with E-state index >= 15 is 0 Å². The zero-order valence-corrected chi connectivity index (χ0v) is 9.25. The largest absolute Gasteiger partial charge is 0.0871 e. The van der Waals surface area contributed by atoms with Crippen molar-refractivity contribution < 1.29 is 0 Å². The van der Waals surface area contributed by atoms with E-state index < -0.39 is 0 Å². The van der Waals surface area contributed by atoms with Crippen LogP contribution in [0.4, 0.5) is 0 Å². The molecule has 0 aliphatic carbocycles. The Balaban J connectivity index is 3.10. The Labute approximate surface area is 87.0 Å². The quantitative estimate of drug-likeness (QED) is 0.659. The van der Waals surface area contributed by atoms with Gasteiger partial charge in [-0.05, 0) is 37.0 Å². The third-order valence-electron chi connectivity index (χ3n) is 2.25. The molecule has 0 heterocycles. The monoisotopic (exact) mass is 186 g/mol. The molecular formula is C14H18. The first-order chi connectivity index (χ1) is 6.81. The molecule has 0 N–H and O–H groups in total. The first-order valence-corrected chi connectivity index (χ1v) is 5.20. The van der Waals surface area contributed by atoms with E-state index in [1.807, 2.05) is 6.92 Å². The molecule has 74 valence electrons. The van der Waals surface area contributed by atoms with E-state index in [4.69, 9.17) is 0 Å². The molecule has 0 nitrogen and oxygen atoms in total. The molecule has 0 atom stereocenters. The van der Waals surface area contributed by atoms with Gasteiger partial charge in [0.05, 0.1) is 0 Å². The maximum atomic E-state index is 2.26. The topological polar surface area (TPSA) is 0 Å². The molecule has 1 rings (SSSR count). The van der Waals surface area contributed by atoms with Crippen molar-refractivity contribution in [1.29, 1.82) is 0 Å². The van der Waals surface area contributed by atoms with E-state index in [0.29, 0.717) is 0 Å². The molecule has 0 aromatic heterocycles. The number of hydrogen-bond acceptors (Lipinski definition) is 0. The van der Waals surface area contributed by atoms with Gasteiger partial charge in [0.15, 0.2) is 0 Å². The molecule has 0 aliphatic heterocycles. The second-order valence-electron chi connectivity index (χ2n) is 3.31. The highest BCUT2D eigenvalue weighted by molar-refractivity contribution is 5.59. The summed E-state index contributed by atoms with van der Waals surface area (Å²) in [4.78, 5) is 0. The molecule has 14 heavy (non-hydrogen) atoms. The summed E-state index contributed by atoms with van der Waals surface area (Å²) in [5.41, 5.74) is 4.04. The SMILES string of the molecule is C/C=C\c1ccc(/C=C/C)cc1CC. The molecule has 0 spiro atoms. The molecule has 0 fully saturated rings. The van der Waals surface area contributed by atoms with Gasteiger partial charge >= 0.3 is 0 Å². The third kappa shape index (κ3) is 2.59. The fourth-order valence-electron chi connectivity index (χ4n) is 1.57. The Hall–Kier alpha value is -1.30. The molecular weight excluding hydrogens is 168 g/mol. The van der Waals surface area contributed by atoms with E-state index in [0.717, 1.165) is 6.42 Å². The van der Waals surface area contributed by atoms with Crippen LogP contribution in [-0.2, 0) is 6.42 Å². The van der Waals surface area contributed by atoms with Crippen LogP contribution in [0.2, 0.25) is 0 Å². The lowest BCUT2D eigenvalue weighted by molar-refractivity contribution is 1.13. The van der Waals surface area contributed by atoms with Crippen molar-refractivity contribution in [1.82, 2.24) is 0 Å². The van der Waals surface area contributed by atoms with Gasteiger partial charge in [-0.1, -0.05) is 49.4 Å². The van der Waals surface area contributed by atoms with Crippen molar-refractivity contribution in [3.63, 3.8) is 0 Å². The van der Waals surface area contributed by atoms with Crippen LogP contribution in [0, 0.1) is 0 Å². The first-order valence-electron chi connectivity index (χ1n) is 5.20. The maximum Gasteiger partial charge on any atom is -0.0227 e. The van der Waals surface area contributed by atoms with Crippen molar-refractivity contribution in [2.24, 2.45) is 0 Å². The Morgan fingerprint density at radius 2 is 1.79 bits per heavy atom. The molecule has 0 aliphatic rings.